The van der Waals surface area contributed by atoms with Gasteiger partial charge < -0.3 is 10.1 Å². The van der Waals surface area contributed by atoms with Crippen LogP contribution in [0.25, 0.3) is 0 Å². The van der Waals surface area contributed by atoms with Crippen LogP contribution >= 0.6 is 15.9 Å². The lowest BCUT2D eigenvalue weighted by Crippen LogP contribution is -2.18. The van der Waals surface area contributed by atoms with E-state index in [9.17, 15) is 25.0 Å². The number of anilines is 2. The number of nitrogens with zero attached hydrogens (tertiary/aromatic N) is 6. The van der Waals surface area contributed by atoms with Crippen LogP contribution < -0.4 is 15.0 Å². The maximum absolute atomic E-state index is 11.7. The number of non-ortho nitro benzene ring substituents is 1. The number of hydrogen-bond acceptors (Lipinski definition) is 10. The first-order valence-electron chi connectivity index (χ1n) is 9.27. The number of carbonyl (C=O) groups is 1. The maximum atomic E-state index is 11.7. The molecule has 13 nitrogen and oxygen atoms in total. The van der Waals surface area contributed by atoms with Gasteiger partial charge in [0.25, 0.3) is 5.69 Å². The van der Waals surface area contributed by atoms with E-state index in [2.05, 4.69) is 37.5 Å². The third-order valence-corrected chi connectivity index (χ3v) is 4.80. The van der Waals surface area contributed by atoms with Crippen LogP contribution in [0.4, 0.5) is 34.1 Å². The van der Waals surface area contributed by atoms with Gasteiger partial charge in [-0.3, -0.25) is 29.9 Å². The molecule has 0 aliphatic heterocycles. The minimum atomic E-state index is -0.829. The number of halogens is 1. The Hall–Kier alpha value is -4.56. The van der Waals surface area contributed by atoms with Crippen LogP contribution in [0, 0.1) is 44.0 Å². The number of amides is 1. The lowest BCUT2D eigenvalue weighted by molar-refractivity contribution is -0.393. The molecule has 0 fully saturated rings. The van der Waals surface area contributed by atoms with E-state index >= 15 is 0 Å². The first kappa shape index (κ1) is 25.7. The monoisotopic (exact) mass is 529 g/mol. The highest BCUT2D eigenvalue weighted by molar-refractivity contribution is 9.10. The molecule has 174 valence electrons. The molecule has 0 saturated heterocycles. The lowest BCUT2D eigenvalue weighted by Gasteiger charge is -2.21. The SMILES string of the molecule is C#CN(CCC#N)c1cc(NC(C)=O)c(N=Nc2c(Br)cc([N+](=O)[O-])cc2[N+](=O)[O-])cc1OC. The number of nitro groups is 2. The number of nitrogens with one attached hydrogen (secondary N) is 1. The van der Waals surface area contributed by atoms with Crippen molar-refractivity contribution in [3.05, 3.63) is 49.0 Å². The topological polar surface area (TPSA) is 176 Å². The Labute approximate surface area is 201 Å². The highest BCUT2D eigenvalue weighted by Gasteiger charge is 2.24. The summed E-state index contributed by atoms with van der Waals surface area (Å²) in [4.78, 5) is 34.0. The second-order valence-corrected chi connectivity index (χ2v) is 7.28. The number of benzene rings is 2. The maximum Gasteiger partial charge on any atom is 0.304 e. The highest BCUT2D eigenvalue weighted by atomic mass is 79.9. The molecule has 0 atom stereocenters. The van der Waals surface area contributed by atoms with Crippen LogP contribution in [0.3, 0.4) is 0 Å². The van der Waals surface area contributed by atoms with Gasteiger partial charge in [0.1, 0.15) is 11.4 Å². The molecule has 2 rings (SSSR count). The Kier molecular flexibility index (Phi) is 8.58. The molecule has 1 amide bonds. The van der Waals surface area contributed by atoms with Crippen LogP contribution in [0.2, 0.25) is 0 Å². The summed E-state index contributed by atoms with van der Waals surface area (Å²) in [6, 6.07) is 9.09. The summed E-state index contributed by atoms with van der Waals surface area (Å²) in [6.07, 6.45) is 5.68. The molecule has 0 aromatic heterocycles. The minimum Gasteiger partial charge on any atom is -0.494 e. The zero-order chi connectivity index (χ0) is 25.4. The van der Waals surface area contributed by atoms with Crippen molar-refractivity contribution >= 4 is 56.0 Å². The zero-order valence-electron chi connectivity index (χ0n) is 17.8. The van der Waals surface area contributed by atoms with Gasteiger partial charge in [-0.25, -0.2) is 0 Å². The molecule has 0 heterocycles. The Bertz CT molecular complexity index is 1270. The van der Waals surface area contributed by atoms with Crippen molar-refractivity contribution in [2.75, 3.05) is 23.9 Å². The third-order valence-electron chi connectivity index (χ3n) is 4.20. The molecular weight excluding hydrogens is 514 g/mol. The van der Waals surface area contributed by atoms with Gasteiger partial charge >= 0.3 is 5.69 Å². The molecule has 2 aromatic carbocycles. The van der Waals surface area contributed by atoms with Crippen molar-refractivity contribution in [1.29, 1.82) is 5.26 Å². The first-order valence-corrected chi connectivity index (χ1v) is 10.1. The second kappa shape index (κ2) is 11.3. The normalized spacial score (nSPS) is 10.3. The molecule has 0 aliphatic carbocycles. The first-order chi connectivity index (χ1) is 16.1. The molecule has 0 radical (unpaired) electrons. The predicted molar refractivity (Wildman–Crippen MR) is 125 cm³/mol. The highest BCUT2D eigenvalue weighted by Crippen LogP contribution is 2.42. The molecule has 1 N–H and O–H groups in total. The number of azo groups is 1. The number of terminal acetylenes is 1. The van der Waals surface area contributed by atoms with E-state index in [1.54, 1.807) is 0 Å². The number of nitro benzene ring substituents is 2. The Morgan fingerprint density at radius 3 is 2.50 bits per heavy atom. The lowest BCUT2D eigenvalue weighted by atomic mass is 10.2. The van der Waals surface area contributed by atoms with Crippen LogP contribution in [0.15, 0.2) is 39.0 Å². The summed E-state index contributed by atoms with van der Waals surface area (Å²) >= 11 is 3.05. The number of rotatable bonds is 9. The van der Waals surface area contributed by atoms with Crippen molar-refractivity contribution in [1.82, 2.24) is 0 Å². The van der Waals surface area contributed by atoms with Gasteiger partial charge in [-0.05, 0) is 22.0 Å². The quantitative estimate of drug-likeness (QED) is 0.155. The van der Waals surface area contributed by atoms with Crippen molar-refractivity contribution in [3.8, 4) is 24.3 Å². The van der Waals surface area contributed by atoms with Crippen LogP contribution in [0.5, 0.6) is 5.75 Å². The van der Waals surface area contributed by atoms with E-state index in [1.165, 1.54) is 31.1 Å². The van der Waals surface area contributed by atoms with Crippen LogP contribution in [-0.4, -0.2) is 29.4 Å². The molecule has 0 saturated carbocycles. The van der Waals surface area contributed by atoms with E-state index in [-0.39, 0.29) is 40.2 Å². The Balaban J connectivity index is 2.67. The van der Waals surface area contributed by atoms with Gasteiger partial charge in [-0.2, -0.15) is 5.26 Å². The van der Waals surface area contributed by atoms with Gasteiger partial charge in [0.2, 0.25) is 5.91 Å². The van der Waals surface area contributed by atoms with Gasteiger partial charge in [0, 0.05) is 31.6 Å². The molecule has 0 spiro atoms. The number of nitriles is 1. The fraction of sp³-hybridized carbons (Fsp3) is 0.200. The number of ether oxygens (including phenoxy) is 1. The smallest absolute Gasteiger partial charge is 0.304 e. The standard InChI is InChI=1S/C20H16BrN7O6/c1-4-26(7-5-6-22)17-10-15(23-12(2)29)16(11-19(17)34-3)24-25-20-14(21)8-13(27(30)31)9-18(20)28(32)33/h1,8-11H,5,7H2,2-3H3,(H,23,29). The molecular formula is C20H16BrN7O6. The molecule has 0 unspecified atom stereocenters. The summed E-state index contributed by atoms with van der Waals surface area (Å²) in [5, 5.41) is 41.8. The van der Waals surface area contributed by atoms with E-state index in [4.69, 9.17) is 16.4 Å². The fourth-order valence-corrected chi connectivity index (χ4v) is 3.26. The summed E-state index contributed by atoms with van der Waals surface area (Å²) in [5.41, 5.74) is -0.839. The largest absolute Gasteiger partial charge is 0.494 e. The Morgan fingerprint density at radius 2 is 1.97 bits per heavy atom. The Morgan fingerprint density at radius 1 is 1.26 bits per heavy atom. The summed E-state index contributed by atoms with van der Waals surface area (Å²) in [7, 11) is 1.37. The van der Waals surface area contributed by atoms with Crippen molar-refractivity contribution in [3.63, 3.8) is 0 Å². The summed E-state index contributed by atoms with van der Waals surface area (Å²) in [6.45, 7) is 1.45. The number of hydrogen-bond donors (Lipinski definition) is 1. The molecule has 0 aliphatic rings. The van der Waals surface area contributed by atoms with Gasteiger partial charge in [-0.15, -0.1) is 10.2 Å². The van der Waals surface area contributed by atoms with E-state index < -0.39 is 27.1 Å². The summed E-state index contributed by atoms with van der Waals surface area (Å²) in [5.74, 6) is -0.212. The number of methoxy groups -OCH3 is 1. The van der Waals surface area contributed by atoms with Crippen molar-refractivity contribution < 1.29 is 19.4 Å². The van der Waals surface area contributed by atoms with Crippen molar-refractivity contribution in [2.45, 2.75) is 13.3 Å². The van der Waals surface area contributed by atoms with E-state index in [1.807, 2.05) is 6.07 Å². The van der Waals surface area contributed by atoms with Crippen LogP contribution in [0.1, 0.15) is 13.3 Å². The predicted octanol–water partition coefficient (Wildman–Crippen LogP) is 4.96. The molecule has 14 heteroatoms. The fourth-order valence-electron chi connectivity index (χ4n) is 2.74. The van der Waals surface area contributed by atoms with E-state index in [0.717, 1.165) is 12.1 Å². The van der Waals surface area contributed by atoms with Crippen molar-refractivity contribution in [2.24, 2.45) is 10.2 Å². The zero-order valence-corrected chi connectivity index (χ0v) is 19.4. The molecule has 2 aromatic rings. The number of carbonyl (C=O) groups excluding carboxylic acids is 1. The van der Waals surface area contributed by atoms with Gasteiger partial charge in [0.05, 0.1) is 51.4 Å². The minimum absolute atomic E-state index is 0.0307. The third kappa shape index (κ3) is 6.02. The summed E-state index contributed by atoms with van der Waals surface area (Å²) < 4.78 is 5.33. The molecule has 0 bridgehead atoms. The average molecular weight is 530 g/mol. The van der Waals surface area contributed by atoms with Gasteiger partial charge in [0.15, 0.2) is 5.69 Å². The average Bonchev–Trinajstić information content (AvgIpc) is 2.78. The second-order valence-electron chi connectivity index (χ2n) is 6.42. The van der Waals surface area contributed by atoms with E-state index in [0.29, 0.717) is 5.69 Å². The molecule has 34 heavy (non-hydrogen) atoms. The van der Waals surface area contributed by atoms with Crippen LogP contribution in [-0.2, 0) is 4.79 Å². The van der Waals surface area contributed by atoms with Gasteiger partial charge in [-0.1, -0.05) is 6.42 Å².